The SMILES string of the molecule is CCC(C)N(Cc1nc(C(=O)NC2CC2)co1)Cc1cccc(OC)c1OC. The molecule has 7 heteroatoms. The molecule has 0 aliphatic heterocycles. The zero-order valence-corrected chi connectivity index (χ0v) is 17.0. The largest absolute Gasteiger partial charge is 0.493 e. The summed E-state index contributed by atoms with van der Waals surface area (Å²) in [5, 5.41) is 2.93. The molecule has 1 atom stereocenters. The van der Waals surface area contributed by atoms with Crippen LogP contribution in [-0.4, -0.2) is 42.1 Å². The van der Waals surface area contributed by atoms with Gasteiger partial charge in [0.25, 0.3) is 5.91 Å². The Morgan fingerprint density at radius 1 is 1.32 bits per heavy atom. The van der Waals surface area contributed by atoms with Crippen LogP contribution in [0.15, 0.2) is 28.9 Å². The lowest BCUT2D eigenvalue weighted by atomic mass is 10.1. The molecule has 1 heterocycles. The van der Waals surface area contributed by atoms with Gasteiger partial charge in [0.05, 0.1) is 20.8 Å². The van der Waals surface area contributed by atoms with E-state index in [1.165, 1.54) is 6.26 Å². The third-order valence-corrected chi connectivity index (χ3v) is 5.11. The first kappa shape index (κ1) is 20.2. The smallest absolute Gasteiger partial charge is 0.273 e. The van der Waals surface area contributed by atoms with Crippen LogP contribution < -0.4 is 14.8 Å². The van der Waals surface area contributed by atoms with E-state index in [1.54, 1.807) is 14.2 Å². The maximum absolute atomic E-state index is 12.2. The molecule has 0 radical (unpaired) electrons. The summed E-state index contributed by atoms with van der Waals surface area (Å²) in [6.07, 6.45) is 4.50. The topological polar surface area (TPSA) is 76.8 Å². The number of rotatable bonds is 10. The molecule has 1 unspecified atom stereocenters. The molecule has 0 saturated heterocycles. The number of para-hydroxylation sites is 1. The monoisotopic (exact) mass is 387 g/mol. The second-order valence-electron chi connectivity index (χ2n) is 7.19. The van der Waals surface area contributed by atoms with Crippen molar-refractivity contribution in [3.05, 3.63) is 41.6 Å². The average Bonchev–Trinajstić information content (AvgIpc) is 3.40. The molecule has 1 fully saturated rings. The Hall–Kier alpha value is -2.54. The van der Waals surface area contributed by atoms with E-state index in [-0.39, 0.29) is 5.91 Å². The number of methoxy groups -OCH3 is 2. The summed E-state index contributed by atoms with van der Waals surface area (Å²) in [5.41, 5.74) is 1.37. The first-order valence-electron chi connectivity index (χ1n) is 9.74. The van der Waals surface area contributed by atoms with Crippen LogP contribution in [0, 0.1) is 0 Å². The van der Waals surface area contributed by atoms with E-state index in [2.05, 4.69) is 29.0 Å². The predicted octanol–water partition coefficient (Wildman–Crippen LogP) is 3.38. The molecule has 0 spiro atoms. The highest BCUT2D eigenvalue weighted by Gasteiger charge is 2.26. The lowest BCUT2D eigenvalue weighted by Gasteiger charge is -2.28. The van der Waals surface area contributed by atoms with E-state index >= 15 is 0 Å². The van der Waals surface area contributed by atoms with Crippen molar-refractivity contribution >= 4 is 5.91 Å². The quantitative estimate of drug-likeness (QED) is 0.673. The van der Waals surface area contributed by atoms with Gasteiger partial charge in [-0.25, -0.2) is 4.98 Å². The molecule has 0 bridgehead atoms. The van der Waals surface area contributed by atoms with Crippen molar-refractivity contribution < 1.29 is 18.7 Å². The van der Waals surface area contributed by atoms with E-state index < -0.39 is 0 Å². The summed E-state index contributed by atoms with van der Waals surface area (Å²) in [6.45, 7) is 5.47. The van der Waals surface area contributed by atoms with Crippen molar-refractivity contribution in [3.8, 4) is 11.5 Å². The van der Waals surface area contributed by atoms with Crippen LogP contribution in [0.2, 0.25) is 0 Å². The van der Waals surface area contributed by atoms with Gasteiger partial charge in [-0.2, -0.15) is 0 Å². The highest BCUT2D eigenvalue weighted by Crippen LogP contribution is 2.32. The Morgan fingerprint density at radius 2 is 2.11 bits per heavy atom. The van der Waals surface area contributed by atoms with Crippen molar-refractivity contribution in [2.75, 3.05) is 14.2 Å². The molecule has 1 saturated carbocycles. The Bertz CT molecular complexity index is 801. The summed E-state index contributed by atoms with van der Waals surface area (Å²) in [7, 11) is 3.28. The fourth-order valence-corrected chi connectivity index (χ4v) is 3.07. The van der Waals surface area contributed by atoms with E-state index in [0.717, 1.165) is 30.6 Å². The van der Waals surface area contributed by atoms with Crippen molar-refractivity contribution in [1.82, 2.24) is 15.2 Å². The number of amides is 1. The first-order chi connectivity index (χ1) is 13.5. The van der Waals surface area contributed by atoms with Gasteiger partial charge in [0.15, 0.2) is 17.2 Å². The molecule has 1 aliphatic carbocycles. The van der Waals surface area contributed by atoms with Crippen LogP contribution in [0.25, 0.3) is 0 Å². The van der Waals surface area contributed by atoms with Crippen molar-refractivity contribution in [2.45, 2.75) is 58.3 Å². The number of nitrogens with one attached hydrogen (secondary N) is 1. The number of oxazole rings is 1. The molecule has 1 aromatic carbocycles. The Kier molecular flexibility index (Phi) is 6.57. The predicted molar refractivity (Wildman–Crippen MR) is 106 cm³/mol. The Morgan fingerprint density at radius 3 is 2.75 bits per heavy atom. The number of nitrogens with zero attached hydrogens (tertiary/aromatic N) is 2. The molecular weight excluding hydrogens is 358 g/mol. The summed E-state index contributed by atoms with van der Waals surface area (Å²) in [6, 6.07) is 6.46. The summed E-state index contributed by atoms with van der Waals surface area (Å²) in [4.78, 5) is 18.8. The number of ether oxygens (including phenoxy) is 2. The molecule has 1 aliphatic rings. The zero-order chi connectivity index (χ0) is 20.1. The molecule has 1 aromatic heterocycles. The zero-order valence-electron chi connectivity index (χ0n) is 17.0. The van der Waals surface area contributed by atoms with Gasteiger partial charge in [-0.3, -0.25) is 9.69 Å². The van der Waals surface area contributed by atoms with Crippen molar-refractivity contribution in [3.63, 3.8) is 0 Å². The maximum Gasteiger partial charge on any atom is 0.273 e. The van der Waals surface area contributed by atoms with E-state index in [4.69, 9.17) is 13.9 Å². The summed E-state index contributed by atoms with van der Waals surface area (Å²) >= 11 is 0. The van der Waals surface area contributed by atoms with Crippen molar-refractivity contribution in [2.24, 2.45) is 0 Å². The van der Waals surface area contributed by atoms with Gasteiger partial charge in [0.2, 0.25) is 5.89 Å². The van der Waals surface area contributed by atoms with E-state index in [0.29, 0.717) is 42.5 Å². The second-order valence-corrected chi connectivity index (χ2v) is 7.19. The minimum atomic E-state index is -0.165. The fourth-order valence-electron chi connectivity index (χ4n) is 3.07. The summed E-state index contributed by atoms with van der Waals surface area (Å²) in [5.74, 6) is 1.81. The lowest BCUT2D eigenvalue weighted by molar-refractivity contribution is 0.0946. The van der Waals surface area contributed by atoms with E-state index in [1.807, 2.05) is 18.2 Å². The fraction of sp³-hybridized carbons (Fsp3) is 0.524. The number of benzene rings is 1. The lowest BCUT2D eigenvalue weighted by Crippen LogP contribution is -2.32. The first-order valence-corrected chi connectivity index (χ1v) is 9.74. The molecule has 2 aromatic rings. The van der Waals surface area contributed by atoms with Crippen molar-refractivity contribution in [1.29, 1.82) is 0 Å². The average molecular weight is 387 g/mol. The van der Waals surface area contributed by atoms with Crippen LogP contribution in [0.5, 0.6) is 11.5 Å². The van der Waals surface area contributed by atoms with Gasteiger partial charge in [-0.1, -0.05) is 19.1 Å². The van der Waals surface area contributed by atoms with Crippen LogP contribution in [0.4, 0.5) is 0 Å². The van der Waals surface area contributed by atoms with Crippen LogP contribution in [0.1, 0.15) is 55.1 Å². The van der Waals surface area contributed by atoms with Crippen LogP contribution in [0.3, 0.4) is 0 Å². The highest BCUT2D eigenvalue weighted by molar-refractivity contribution is 5.92. The standard InChI is InChI=1S/C21H29N3O4/c1-5-14(2)24(11-15-7-6-8-18(26-3)20(15)27-4)12-19-23-17(13-28-19)21(25)22-16-9-10-16/h6-8,13-14,16H,5,9-12H2,1-4H3,(H,22,25). The Labute approximate surface area is 166 Å². The van der Waals surface area contributed by atoms with Gasteiger partial charge in [0.1, 0.15) is 6.26 Å². The maximum atomic E-state index is 12.2. The molecule has 1 N–H and O–H groups in total. The highest BCUT2D eigenvalue weighted by atomic mass is 16.5. The minimum Gasteiger partial charge on any atom is -0.493 e. The minimum absolute atomic E-state index is 0.165. The van der Waals surface area contributed by atoms with Gasteiger partial charge >= 0.3 is 0 Å². The third-order valence-electron chi connectivity index (χ3n) is 5.11. The van der Waals surface area contributed by atoms with Gasteiger partial charge in [-0.05, 0) is 32.3 Å². The molecule has 3 rings (SSSR count). The van der Waals surface area contributed by atoms with E-state index in [9.17, 15) is 4.79 Å². The number of hydrogen-bond acceptors (Lipinski definition) is 6. The molecular formula is C21H29N3O4. The number of aromatic nitrogens is 1. The molecule has 7 nitrogen and oxygen atoms in total. The molecule has 28 heavy (non-hydrogen) atoms. The number of carbonyl (C=O) groups is 1. The normalized spacial score (nSPS) is 14.8. The number of carbonyl (C=O) groups excluding carboxylic acids is 1. The Balaban J connectivity index is 1.74. The van der Waals surface area contributed by atoms with Gasteiger partial charge in [-0.15, -0.1) is 0 Å². The van der Waals surface area contributed by atoms with Crippen LogP contribution >= 0.6 is 0 Å². The number of hydrogen-bond donors (Lipinski definition) is 1. The van der Waals surface area contributed by atoms with Gasteiger partial charge in [0, 0.05) is 24.2 Å². The third kappa shape index (κ3) is 4.84. The van der Waals surface area contributed by atoms with Crippen LogP contribution in [-0.2, 0) is 13.1 Å². The second kappa shape index (κ2) is 9.10. The summed E-state index contributed by atoms with van der Waals surface area (Å²) < 4.78 is 16.6. The molecule has 152 valence electrons. The van der Waals surface area contributed by atoms with Gasteiger partial charge < -0.3 is 19.2 Å². The molecule has 1 amide bonds.